The van der Waals surface area contributed by atoms with Crippen molar-refractivity contribution < 1.29 is 19.1 Å². The van der Waals surface area contributed by atoms with E-state index in [2.05, 4.69) is 0 Å². The zero-order valence-corrected chi connectivity index (χ0v) is 11.5. The molecule has 21 heavy (non-hydrogen) atoms. The molecule has 1 aliphatic rings. The molecule has 1 fully saturated rings. The molecule has 8 heteroatoms. The molecule has 1 heterocycles. The van der Waals surface area contributed by atoms with E-state index in [0.717, 1.165) is 4.90 Å². The van der Waals surface area contributed by atoms with Crippen molar-refractivity contribution in [2.45, 2.75) is 0 Å². The first kappa shape index (κ1) is 14.8. The van der Waals surface area contributed by atoms with E-state index in [-0.39, 0.29) is 37.2 Å². The number of urea groups is 1. The highest BCUT2D eigenvalue weighted by molar-refractivity contribution is 6.01. The monoisotopic (exact) mass is 292 g/mol. The number of nitrogens with zero attached hydrogens (tertiary/aromatic N) is 2. The SMILES string of the molecule is CN1CC(=O)N(CCOc2ccccc2C(=O)NN)C1=O. The third-order valence-electron chi connectivity index (χ3n) is 3.07. The number of nitrogens with two attached hydrogens (primary N) is 1. The fraction of sp³-hybridized carbons (Fsp3) is 0.308. The van der Waals surface area contributed by atoms with Gasteiger partial charge in [-0.15, -0.1) is 0 Å². The van der Waals surface area contributed by atoms with Crippen molar-refractivity contribution >= 4 is 17.8 Å². The number of carbonyl (C=O) groups is 3. The molecule has 8 nitrogen and oxygen atoms in total. The molecule has 0 saturated carbocycles. The summed E-state index contributed by atoms with van der Waals surface area (Å²) in [5.41, 5.74) is 2.32. The lowest BCUT2D eigenvalue weighted by Crippen LogP contribution is -2.35. The molecule has 4 amide bonds. The zero-order valence-electron chi connectivity index (χ0n) is 11.5. The molecular formula is C13H16N4O4. The predicted molar refractivity (Wildman–Crippen MR) is 73.3 cm³/mol. The van der Waals surface area contributed by atoms with Gasteiger partial charge in [-0.2, -0.15) is 0 Å². The molecule has 1 aromatic carbocycles. The van der Waals surface area contributed by atoms with Gasteiger partial charge in [0.1, 0.15) is 18.9 Å². The molecule has 0 bridgehead atoms. The van der Waals surface area contributed by atoms with Crippen molar-refractivity contribution in [3.8, 4) is 5.75 Å². The van der Waals surface area contributed by atoms with E-state index >= 15 is 0 Å². The maximum atomic E-state index is 11.7. The first-order valence-corrected chi connectivity index (χ1v) is 6.33. The highest BCUT2D eigenvalue weighted by Crippen LogP contribution is 2.17. The van der Waals surface area contributed by atoms with E-state index in [1.165, 1.54) is 4.90 Å². The molecule has 3 N–H and O–H groups in total. The van der Waals surface area contributed by atoms with Crippen LogP contribution in [-0.4, -0.2) is 54.4 Å². The van der Waals surface area contributed by atoms with Crippen molar-refractivity contribution in [1.29, 1.82) is 0 Å². The number of benzene rings is 1. The molecule has 0 aliphatic carbocycles. The van der Waals surface area contributed by atoms with Gasteiger partial charge in [0.15, 0.2) is 0 Å². The number of carbonyl (C=O) groups excluding carboxylic acids is 3. The molecule has 1 aromatic rings. The van der Waals surface area contributed by atoms with Crippen LogP contribution >= 0.6 is 0 Å². The Labute approximate surface area is 121 Å². The van der Waals surface area contributed by atoms with Crippen molar-refractivity contribution in [3.05, 3.63) is 29.8 Å². The minimum Gasteiger partial charge on any atom is -0.491 e. The van der Waals surface area contributed by atoms with Gasteiger partial charge in [-0.25, -0.2) is 10.6 Å². The average Bonchev–Trinajstić information content (AvgIpc) is 2.73. The Balaban J connectivity index is 1.97. The molecule has 0 radical (unpaired) electrons. The summed E-state index contributed by atoms with van der Waals surface area (Å²) >= 11 is 0. The maximum absolute atomic E-state index is 11.7. The van der Waals surface area contributed by atoms with Crippen LogP contribution in [0.3, 0.4) is 0 Å². The van der Waals surface area contributed by atoms with E-state index in [9.17, 15) is 14.4 Å². The number of nitrogens with one attached hydrogen (secondary N) is 1. The Morgan fingerprint density at radius 2 is 2.10 bits per heavy atom. The van der Waals surface area contributed by atoms with Gasteiger partial charge in [0.05, 0.1) is 12.1 Å². The second-order valence-electron chi connectivity index (χ2n) is 4.50. The van der Waals surface area contributed by atoms with E-state index in [1.807, 2.05) is 5.43 Å². The van der Waals surface area contributed by atoms with Gasteiger partial charge in [0.2, 0.25) is 5.91 Å². The first-order chi connectivity index (χ1) is 10.0. The largest absolute Gasteiger partial charge is 0.491 e. The number of imide groups is 1. The summed E-state index contributed by atoms with van der Waals surface area (Å²) < 4.78 is 5.47. The topological polar surface area (TPSA) is 105 Å². The zero-order chi connectivity index (χ0) is 15.4. The normalized spacial score (nSPS) is 14.6. The van der Waals surface area contributed by atoms with Crippen LogP contribution in [0, 0.1) is 0 Å². The average molecular weight is 292 g/mol. The fourth-order valence-corrected chi connectivity index (χ4v) is 1.99. The lowest BCUT2D eigenvalue weighted by atomic mass is 10.2. The maximum Gasteiger partial charge on any atom is 0.327 e. The number of hydrogen-bond donors (Lipinski definition) is 2. The lowest BCUT2D eigenvalue weighted by molar-refractivity contribution is -0.125. The summed E-state index contributed by atoms with van der Waals surface area (Å²) in [4.78, 5) is 37.3. The molecule has 0 unspecified atom stereocenters. The molecule has 0 atom stereocenters. The van der Waals surface area contributed by atoms with Crippen LogP contribution in [0.5, 0.6) is 5.75 Å². The van der Waals surface area contributed by atoms with Crippen molar-refractivity contribution in [2.75, 3.05) is 26.7 Å². The number of amides is 4. The minimum atomic E-state index is -0.473. The molecular weight excluding hydrogens is 276 g/mol. The number of ether oxygens (including phenoxy) is 1. The van der Waals surface area contributed by atoms with Crippen molar-refractivity contribution in [1.82, 2.24) is 15.2 Å². The number of rotatable bonds is 5. The highest BCUT2D eigenvalue weighted by atomic mass is 16.5. The van der Waals surface area contributed by atoms with Crippen molar-refractivity contribution in [3.63, 3.8) is 0 Å². The second-order valence-corrected chi connectivity index (χ2v) is 4.50. The van der Waals surface area contributed by atoms with E-state index < -0.39 is 5.91 Å². The molecule has 2 rings (SSSR count). The Hall–Kier alpha value is -2.61. The predicted octanol–water partition coefficient (Wildman–Crippen LogP) is -0.437. The van der Waals surface area contributed by atoms with Crippen LogP contribution in [0.2, 0.25) is 0 Å². The second kappa shape index (κ2) is 6.23. The summed E-state index contributed by atoms with van der Waals surface area (Å²) in [7, 11) is 1.56. The van der Waals surface area contributed by atoms with Gasteiger partial charge < -0.3 is 9.64 Å². The van der Waals surface area contributed by atoms with E-state index in [0.29, 0.717) is 5.75 Å². The highest BCUT2D eigenvalue weighted by Gasteiger charge is 2.33. The van der Waals surface area contributed by atoms with E-state index in [1.54, 1.807) is 31.3 Å². The molecule has 112 valence electrons. The summed E-state index contributed by atoms with van der Waals surface area (Å²) in [5, 5.41) is 0. The number of hydrogen-bond acceptors (Lipinski definition) is 5. The lowest BCUT2D eigenvalue weighted by Gasteiger charge is -2.15. The van der Waals surface area contributed by atoms with Crippen LogP contribution in [0.4, 0.5) is 4.79 Å². The number of nitrogen functional groups attached to an aromatic ring is 1. The van der Waals surface area contributed by atoms with E-state index in [4.69, 9.17) is 10.6 Å². The van der Waals surface area contributed by atoms with Gasteiger partial charge in [-0.05, 0) is 12.1 Å². The Morgan fingerprint density at radius 1 is 1.38 bits per heavy atom. The molecule has 1 saturated heterocycles. The number of likely N-dealkylation sites (N-methyl/N-ethyl adjacent to an activating group) is 1. The van der Waals surface area contributed by atoms with Gasteiger partial charge in [0.25, 0.3) is 5.91 Å². The van der Waals surface area contributed by atoms with Crippen LogP contribution < -0.4 is 16.0 Å². The van der Waals surface area contributed by atoms with Crippen molar-refractivity contribution in [2.24, 2.45) is 5.84 Å². The Bertz CT molecular complexity index is 575. The molecule has 0 aromatic heterocycles. The number of para-hydroxylation sites is 1. The third-order valence-corrected chi connectivity index (χ3v) is 3.07. The molecule has 0 spiro atoms. The third kappa shape index (κ3) is 3.11. The van der Waals surface area contributed by atoms with Crippen LogP contribution in [-0.2, 0) is 4.79 Å². The fourth-order valence-electron chi connectivity index (χ4n) is 1.99. The summed E-state index contributed by atoms with van der Waals surface area (Å²) in [5.74, 6) is 4.70. The standard InChI is InChI=1S/C13H16N4O4/c1-16-8-11(18)17(13(16)20)6-7-21-10-5-3-2-4-9(10)12(19)15-14/h2-5H,6-8,14H2,1H3,(H,15,19). The quantitative estimate of drug-likeness (QED) is 0.331. The van der Waals surface area contributed by atoms with Gasteiger partial charge >= 0.3 is 6.03 Å². The van der Waals surface area contributed by atoms with Crippen LogP contribution in [0.25, 0.3) is 0 Å². The summed E-state index contributed by atoms with van der Waals surface area (Å²) in [6.45, 7) is 0.297. The minimum absolute atomic E-state index is 0.0744. The molecule has 1 aliphatic heterocycles. The van der Waals surface area contributed by atoms with Gasteiger partial charge in [-0.3, -0.25) is 19.9 Å². The summed E-state index contributed by atoms with van der Waals surface area (Å²) in [6, 6.07) is 6.22. The smallest absolute Gasteiger partial charge is 0.327 e. The van der Waals surface area contributed by atoms with Crippen LogP contribution in [0.15, 0.2) is 24.3 Å². The number of hydrazine groups is 1. The Morgan fingerprint density at radius 3 is 2.71 bits per heavy atom. The van der Waals surface area contributed by atoms with Gasteiger partial charge in [0, 0.05) is 7.05 Å². The van der Waals surface area contributed by atoms with Gasteiger partial charge in [-0.1, -0.05) is 12.1 Å². The summed E-state index contributed by atoms with van der Waals surface area (Å²) in [6.07, 6.45) is 0. The van der Waals surface area contributed by atoms with Crippen LogP contribution in [0.1, 0.15) is 10.4 Å². The Kier molecular flexibility index (Phi) is 4.39. The first-order valence-electron chi connectivity index (χ1n) is 6.33.